The van der Waals surface area contributed by atoms with E-state index in [4.69, 9.17) is 4.74 Å². The number of carbonyl (C=O) groups is 1. The van der Waals surface area contributed by atoms with Gasteiger partial charge in [-0.2, -0.15) is 0 Å². The average Bonchev–Trinajstić information content (AvgIpc) is 2.38. The van der Waals surface area contributed by atoms with Crippen molar-refractivity contribution in [3.63, 3.8) is 0 Å². The molecule has 0 unspecified atom stereocenters. The molecule has 98 valence electrons. The Morgan fingerprint density at radius 1 is 1.53 bits per heavy atom. The number of hydrogen-bond donors (Lipinski definition) is 1. The summed E-state index contributed by atoms with van der Waals surface area (Å²) >= 11 is 0. The predicted molar refractivity (Wildman–Crippen MR) is 68.9 cm³/mol. The molecule has 1 amide bonds. The minimum absolute atomic E-state index is 0.235. The molecule has 1 N–H and O–H groups in total. The predicted octanol–water partition coefficient (Wildman–Crippen LogP) is 1.18. The van der Waals surface area contributed by atoms with Gasteiger partial charge < -0.3 is 15.0 Å². The molecule has 0 aromatic carbocycles. The summed E-state index contributed by atoms with van der Waals surface area (Å²) in [6.07, 6.45) is 5.23. The first kappa shape index (κ1) is 14.2. The van der Waals surface area contributed by atoms with E-state index in [1.165, 1.54) is 0 Å². The normalized spacial score (nSPS) is 16.8. The van der Waals surface area contributed by atoms with Gasteiger partial charge in [0.1, 0.15) is 0 Å². The topological polar surface area (TPSA) is 41.6 Å². The lowest BCUT2D eigenvalue weighted by atomic mass is 10.0. The molecule has 1 rings (SSSR count). The van der Waals surface area contributed by atoms with E-state index in [0.717, 1.165) is 32.4 Å². The quantitative estimate of drug-likeness (QED) is 0.537. The monoisotopic (exact) mass is 240 g/mol. The molecule has 0 aromatic heterocycles. The number of piperidine rings is 1. The van der Waals surface area contributed by atoms with Crippen LogP contribution >= 0.6 is 0 Å². The molecule has 1 heterocycles. The first-order valence-electron chi connectivity index (χ1n) is 6.40. The zero-order valence-electron chi connectivity index (χ0n) is 10.8. The van der Waals surface area contributed by atoms with Gasteiger partial charge in [-0.1, -0.05) is 6.08 Å². The minimum atomic E-state index is 0.235. The number of nitrogens with one attached hydrogen (secondary N) is 1. The van der Waals surface area contributed by atoms with Gasteiger partial charge in [0, 0.05) is 26.1 Å². The lowest BCUT2D eigenvalue weighted by Gasteiger charge is -2.31. The number of nitrogens with zero attached hydrogens (tertiary/aromatic N) is 1. The summed E-state index contributed by atoms with van der Waals surface area (Å²) in [4.78, 5) is 13.8. The molecule has 0 atom stereocenters. The lowest BCUT2D eigenvalue weighted by Crippen LogP contribution is -2.43. The number of ether oxygens (including phenoxy) is 1. The van der Waals surface area contributed by atoms with Crippen molar-refractivity contribution in [2.24, 2.45) is 0 Å². The summed E-state index contributed by atoms with van der Waals surface area (Å²) < 4.78 is 5.26. The highest BCUT2D eigenvalue weighted by Crippen LogP contribution is 2.11. The molecule has 0 saturated carbocycles. The Bertz CT molecular complexity index is 238. The molecule has 0 aromatic rings. The minimum Gasteiger partial charge on any atom is -0.377 e. The Labute approximate surface area is 104 Å². The van der Waals surface area contributed by atoms with E-state index in [9.17, 15) is 4.79 Å². The molecule has 0 aliphatic carbocycles. The maximum Gasteiger partial charge on any atom is 0.222 e. The second-order valence-corrected chi connectivity index (χ2v) is 4.45. The number of amides is 1. The first-order chi connectivity index (χ1) is 8.25. The van der Waals surface area contributed by atoms with Gasteiger partial charge in [0.15, 0.2) is 0 Å². The number of rotatable bonds is 7. The lowest BCUT2D eigenvalue weighted by molar-refractivity contribution is -0.132. The van der Waals surface area contributed by atoms with Gasteiger partial charge in [-0.05, 0) is 32.4 Å². The van der Waals surface area contributed by atoms with Gasteiger partial charge in [0.25, 0.3) is 0 Å². The van der Waals surface area contributed by atoms with E-state index < -0.39 is 0 Å². The van der Waals surface area contributed by atoms with Crippen LogP contribution in [-0.4, -0.2) is 50.2 Å². The summed E-state index contributed by atoms with van der Waals surface area (Å²) in [5.74, 6) is 0.235. The maximum absolute atomic E-state index is 11.9. The van der Waals surface area contributed by atoms with Crippen LogP contribution in [0.2, 0.25) is 0 Å². The standard InChI is InChI=1S/C13H24N2O2/c1-3-10-17-11-4-5-13(16)15(2)12-6-8-14-9-7-12/h3,12,14H,1,4-11H2,2H3. The zero-order valence-corrected chi connectivity index (χ0v) is 10.8. The molecule has 0 radical (unpaired) electrons. The molecule has 17 heavy (non-hydrogen) atoms. The molecule has 1 saturated heterocycles. The van der Waals surface area contributed by atoms with Crippen LogP contribution in [-0.2, 0) is 9.53 Å². The van der Waals surface area contributed by atoms with Crippen molar-refractivity contribution < 1.29 is 9.53 Å². The van der Waals surface area contributed by atoms with Crippen molar-refractivity contribution in [1.29, 1.82) is 0 Å². The van der Waals surface area contributed by atoms with Crippen LogP contribution in [0.4, 0.5) is 0 Å². The van der Waals surface area contributed by atoms with Crippen LogP contribution in [0, 0.1) is 0 Å². The summed E-state index contributed by atoms with van der Waals surface area (Å²) in [7, 11) is 1.92. The van der Waals surface area contributed by atoms with Crippen molar-refractivity contribution in [3.05, 3.63) is 12.7 Å². The van der Waals surface area contributed by atoms with Crippen molar-refractivity contribution >= 4 is 5.91 Å². The molecule has 1 aliphatic heterocycles. The van der Waals surface area contributed by atoms with Crippen molar-refractivity contribution in [3.8, 4) is 0 Å². The van der Waals surface area contributed by atoms with Gasteiger partial charge >= 0.3 is 0 Å². The third-order valence-electron chi connectivity index (χ3n) is 3.16. The Balaban J connectivity index is 2.14. The SMILES string of the molecule is C=CCOCCCC(=O)N(C)C1CCNCC1. The number of carbonyl (C=O) groups excluding carboxylic acids is 1. The molecule has 1 fully saturated rings. The average molecular weight is 240 g/mol. The maximum atomic E-state index is 11.9. The Morgan fingerprint density at radius 2 is 2.24 bits per heavy atom. The molecule has 1 aliphatic rings. The molecule has 4 nitrogen and oxygen atoms in total. The van der Waals surface area contributed by atoms with Gasteiger partial charge in [-0.15, -0.1) is 6.58 Å². The van der Waals surface area contributed by atoms with Gasteiger partial charge in [-0.3, -0.25) is 4.79 Å². The van der Waals surface area contributed by atoms with Crippen molar-refractivity contribution in [1.82, 2.24) is 10.2 Å². The van der Waals surface area contributed by atoms with E-state index in [-0.39, 0.29) is 5.91 Å². The van der Waals surface area contributed by atoms with E-state index in [0.29, 0.717) is 25.7 Å². The van der Waals surface area contributed by atoms with Gasteiger partial charge in [-0.25, -0.2) is 0 Å². The molecular weight excluding hydrogens is 216 g/mol. The number of hydrogen-bond acceptors (Lipinski definition) is 3. The highest BCUT2D eigenvalue weighted by molar-refractivity contribution is 5.76. The molecule has 4 heteroatoms. The first-order valence-corrected chi connectivity index (χ1v) is 6.40. The van der Waals surface area contributed by atoms with Crippen LogP contribution in [0.5, 0.6) is 0 Å². The van der Waals surface area contributed by atoms with Crippen molar-refractivity contribution in [2.75, 3.05) is 33.4 Å². The third-order valence-corrected chi connectivity index (χ3v) is 3.16. The third kappa shape index (κ3) is 5.33. The molecule has 0 spiro atoms. The summed E-state index contributed by atoms with van der Waals surface area (Å²) in [6, 6.07) is 0.415. The van der Waals surface area contributed by atoms with E-state index in [1.807, 2.05) is 11.9 Å². The van der Waals surface area contributed by atoms with Crippen LogP contribution < -0.4 is 5.32 Å². The molecule has 0 bridgehead atoms. The summed E-state index contributed by atoms with van der Waals surface area (Å²) in [5.41, 5.74) is 0. The largest absolute Gasteiger partial charge is 0.377 e. The van der Waals surface area contributed by atoms with E-state index >= 15 is 0 Å². The smallest absolute Gasteiger partial charge is 0.222 e. The summed E-state index contributed by atoms with van der Waals surface area (Å²) in [5, 5.41) is 3.31. The van der Waals surface area contributed by atoms with E-state index in [1.54, 1.807) is 6.08 Å². The fourth-order valence-corrected chi connectivity index (χ4v) is 2.07. The van der Waals surface area contributed by atoms with Gasteiger partial charge in [0.2, 0.25) is 5.91 Å². The Kier molecular flexibility index (Phi) is 6.89. The van der Waals surface area contributed by atoms with Crippen LogP contribution in [0.1, 0.15) is 25.7 Å². The Hall–Kier alpha value is -0.870. The zero-order chi connectivity index (χ0) is 12.5. The second kappa shape index (κ2) is 8.25. The summed E-state index contributed by atoms with van der Waals surface area (Å²) in [6.45, 7) is 6.82. The molecular formula is C13H24N2O2. The second-order valence-electron chi connectivity index (χ2n) is 4.45. The highest BCUT2D eigenvalue weighted by atomic mass is 16.5. The Morgan fingerprint density at radius 3 is 2.88 bits per heavy atom. The highest BCUT2D eigenvalue weighted by Gasteiger charge is 2.21. The van der Waals surface area contributed by atoms with Gasteiger partial charge in [0.05, 0.1) is 6.61 Å². The van der Waals surface area contributed by atoms with Crippen LogP contribution in [0.15, 0.2) is 12.7 Å². The van der Waals surface area contributed by atoms with E-state index in [2.05, 4.69) is 11.9 Å². The fourth-order valence-electron chi connectivity index (χ4n) is 2.07. The van der Waals surface area contributed by atoms with Crippen molar-refractivity contribution in [2.45, 2.75) is 31.7 Å². The van der Waals surface area contributed by atoms with Crippen LogP contribution in [0.3, 0.4) is 0 Å². The fraction of sp³-hybridized carbons (Fsp3) is 0.769. The van der Waals surface area contributed by atoms with Crippen LogP contribution in [0.25, 0.3) is 0 Å².